The zero-order valence-corrected chi connectivity index (χ0v) is 9.87. The standard InChI is InChI=1S/C13H17FN2O/c1-8-3-2-4-12(8)16-13(17)9-5-6-10(14)11(15)7-9/h5-8,12H,2-4,15H2,1H3,(H,16,17). The molecule has 1 aromatic rings. The Morgan fingerprint density at radius 3 is 2.82 bits per heavy atom. The van der Waals surface area contributed by atoms with Crippen LogP contribution in [0.5, 0.6) is 0 Å². The predicted octanol–water partition coefficient (Wildman–Crippen LogP) is 2.33. The Balaban J connectivity index is 2.06. The highest BCUT2D eigenvalue weighted by atomic mass is 19.1. The van der Waals surface area contributed by atoms with E-state index in [-0.39, 0.29) is 17.6 Å². The molecule has 92 valence electrons. The molecular formula is C13H17FN2O. The molecule has 1 saturated carbocycles. The summed E-state index contributed by atoms with van der Waals surface area (Å²) in [5.41, 5.74) is 5.87. The van der Waals surface area contributed by atoms with Crippen molar-refractivity contribution in [2.75, 3.05) is 5.73 Å². The van der Waals surface area contributed by atoms with Crippen LogP contribution in [0, 0.1) is 11.7 Å². The Hall–Kier alpha value is -1.58. The van der Waals surface area contributed by atoms with E-state index in [4.69, 9.17) is 5.73 Å². The highest BCUT2D eigenvalue weighted by Gasteiger charge is 2.25. The maximum Gasteiger partial charge on any atom is 0.251 e. The molecule has 0 radical (unpaired) electrons. The second kappa shape index (κ2) is 4.73. The lowest BCUT2D eigenvalue weighted by molar-refractivity contribution is 0.0929. The second-order valence-electron chi connectivity index (χ2n) is 4.72. The lowest BCUT2D eigenvalue weighted by atomic mass is 10.1. The summed E-state index contributed by atoms with van der Waals surface area (Å²) in [5, 5.41) is 2.97. The number of nitrogens with two attached hydrogens (primary N) is 1. The number of nitrogens with one attached hydrogen (secondary N) is 1. The number of anilines is 1. The minimum atomic E-state index is -0.490. The molecule has 0 spiro atoms. The number of carbonyl (C=O) groups is 1. The Labute approximate surface area is 100 Å². The first-order chi connectivity index (χ1) is 8.08. The van der Waals surface area contributed by atoms with Crippen molar-refractivity contribution in [3.63, 3.8) is 0 Å². The van der Waals surface area contributed by atoms with Gasteiger partial charge in [0.15, 0.2) is 0 Å². The topological polar surface area (TPSA) is 55.1 Å². The molecule has 1 fully saturated rings. The van der Waals surface area contributed by atoms with Gasteiger partial charge in [0.2, 0.25) is 0 Å². The van der Waals surface area contributed by atoms with Crippen LogP contribution in [-0.4, -0.2) is 11.9 Å². The maximum atomic E-state index is 13.0. The number of amides is 1. The largest absolute Gasteiger partial charge is 0.396 e. The van der Waals surface area contributed by atoms with E-state index in [0.29, 0.717) is 11.5 Å². The third kappa shape index (κ3) is 2.57. The molecule has 0 aromatic heterocycles. The molecule has 3 nitrogen and oxygen atoms in total. The van der Waals surface area contributed by atoms with Crippen molar-refractivity contribution < 1.29 is 9.18 Å². The lowest BCUT2D eigenvalue weighted by Gasteiger charge is -2.17. The van der Waals surface area contributed by atoms with Gasteiger partial charge in [-0.3, -0.25) is 4.79 Å². The molecule has 1 aliphatic rings. The molecule has 0 bridgehead atoms. The van der Waals surface area contributed by atoms with Crippen LogP contribution in [0.15, 0.2) is 18.2 Å². The third-order valence-electron chi connectivity index (χ3n) is 3.44. The summed E-state index contributed by atoms with van der Waals surface area (Å²) in [6.07, 6.45) is 3.32. The van der Waals surface area contributed by atoms with Gasteiger partial charge in [-0.05, 0) is 37.0 Å². The number of halogens is 1. The fourth-order valence-corrected chi connectivity index (χ4v) is 2.30. The van der Waals surface area contributed by atoms with Crippen LogP contribution >= 0.6 is 0 Å². The summed E-state index contributed by atoms with van der Waals surface area (Å²) in [6, 6.07) is 4.29. The van der Waals surface area contributed by atoms with Crippen molar-refractivity contribution in [2.45, 2.75) is 32.2 Å². The van der Waals surface area contributed by atoms with Gasteiger partial charge in [0.25, 0.3) is 5.91 Å². The van der Waals surface area contributed by atoms with E-state index in [1.165, 1.54) is 18.2 Å². The summed E-state index contributed by atoms with van der Waals surface area (Å²) in [4.78, 5) is 11.9. The first kappa shape index (κ1) is 11.9. The van der Waals surface area contributed by atoms with E-state index >= 15 is 0 Å². The van der Waals surface area contributed by atoms with Crippen LogP contribution in [0.4, 0.5) is 10.1 Å². The summed E-state index contributed by atoms with van der Waals surface area (Å²) in [7, 11) is 0. The Kier molecular flexibility index (Phi) is 3.31. The van der Waals surface area contributed by atoms with Crippen molar-refractivity contribution in [3.8, 4) is 0 Å². The Morgan fingerprint density at radius 1 is 1.47 bits per heavy atom. The fraction of sp³-hybridized carbons (Fsp3) is 0.462. The van der Waals surface area contributed by atoms with E-state index in [1.54, 1.807) is 0 Å². The number of rotatable bonds is 2. The molecule has 1 amide bonds. The molecule has 17 heavy (non-hydrogen) atoms. The molecule has 0 saturated heterocycles. The first-order valence-corrected chi connectivity index (χ1v) is 5.94. The van der Waals surface area contributed by atoms with Crippen LogP contribution in [0.25, 0.3) is 0 Å². The van der Waals surface area contributed by atoms with Gasteiger partial charge >= 0.3 is 0 Å². The second-order valence-corrected chi connectivity index (χ2v) is 4.72. The van der Waals surface area contributed by atoms with Gasteiger partial charge in [-0.15, -0.1) is 0 Å². The minimum Gasteiger partial charge on any atom is -0.396 e. The summed E-state index contributed by atoms with van der Waals surface area (Å²) >= 11 is 0. The van der Waals surface area contributed by atoms with Gasteiger partial charge in [0, 0.05) is 11.6 Å². The van der Waals surface area contributed by atoms with Crippen LogP contribution in [0.1, 0.15) is 36.5 Å². The molecule has 1 aromatic carbocycles. The monoisotopic (exact) mass is 236 g/mol. The quantitative estimate of drug-likeness (QED) is 0.774. The average molecular weight is 236 g/mol. The summed E-state index contributed by atoms with van der Waals surface area (Å²) < 4.78 is 13.0. The van der Waals surface area contributed by atoms with Crippen LogP contribution in [0.2, 0.25) is 0 Å². The SMILES string of the molecule is CC1CCCC1NC(=O)c1ccc(F)c(N)c1. The molecule has 3 N–H and O–H groups in total. The van der Waals surface area contributed by atoms with Gasteiger partial charge in [-0.2, -0.15) is 0 Å². The normalized spacial score (nSPS) is 23.6. The molecule has 0 aliphatic heterocycles. The fourth-order valence-electron chi connectivity index (χ4n) is 2.30. The Bertz CT molecular complexity index is 433. The Morgan fingerprint density at radius 2 is 2.24 bits per heavy atom. The average Bonchev–Trinajstić information content (AvgIpc) is 2.68. The highest BCUT2D eigenvalue weighted by Crippen LogP contribution is 2.25. The van der Waals surface area contributed by atoms with E-state index in [2.05, 4.69) is 12.2 Å². The van der Waals surface area contributed by atoms with E-state index < -0.39 is 5.82 Å². The first-order valence-electron chi connectivity index (χ1n) is 5.94. The number of nitrogen functional groups attached to an aromatic ring is 1. The number of hydrogen-bond acceptors (Lipinski definition) is 2. The zero-order valence-electron chi connectivity index (χ0n) is 9.87. The number of hydrogen-bond donors (Lipinski definition) is 2. The van der Waals surface area contributed by atoms with Gasteiger partial charge < -0.3 is 11.1 Å². The van der Waals surface area contributed by atoms with Crippen molar-refractivity contribution in [1.29, 1.82) is 0 Å². The van der Waals surface area contributed by atoms with E-state index in [0.717, 1.165) is 19.3 Å². The molecular weight excluding hydrogens is 219 g/mol. The molecule has 2 unspecified atom stereocenters. The van der Waals surface area contributed by atoms with Gasteiger partial charge in [0.1, 0.15) is 5.82 Å². The predicted molar refractivity (Wildman–Crippen MR) is 65.1 cm³/mol. The van der Waals surface area contributed by atoms with Crippen molar-refractivity contribution in [1.82, 2.24) is 5.32 Å². The summed E-state index contributed by atoms with van der Waals surface area (Å²) in [6.45, 7) is 2.14. The van der Waals surface area contributed by atoms with E-state index in [9.17, 15) is 9.18 Å². The van der Waals surface area contributed by atoms with Crippen LogP contribution in [0.3, 0.4) is 0 Å². The molecule has 0 heterocycles. The summed E-state index contributed by atoms with van der Waals surface area (Å²) in [5.74, 6) is -0.150. The van der Waals surface area contributed by atoms with Crippen molar-refractivity contribution >= 4 is 11.6 Å². The number of benzene rings is 1. The van der Waals surface area contributed by atoms with Crippen molar-refractivity contribution in [2.24, 2.45) is 5.92 Å². The van der Waals surface area contributed by atoms with Gasteiger partial charge in [0.05, 0.1) is 5.69 Å². The highest BCUT2D eigenvalue weighted by molar-refractivity contribution is 5.95. The van der Waals surface area contributed by atoms with Gasteiger partial charge in [-0.1, -0.05) is 13.3 Å². The van der Waals surface area contributed by atoms with Crippen LogP contribution < -0.4 is 11.1 Å². The van der Waals surface area contributed by atoms with Crippen LogP contribution in [-0.2, 0) is 0 Å². The molecule has 2 rings (SSSR count). The van der Waals surface area contributed by atoms with E-state index in [1.807, 2.05) is 0 Å². The van der Waals surface area contributed by atoms with Gasteiger partial charge in [-0.25, -0.2) is 4.39 Å². The van der Waals surface area contributed by atoms with Crippen molar-refractivity contribution in [3.05, 3.63) is 29.6 Å². The molecule has 2 atom stereocenters. The molecule has 1 aliphatic carbocycles. The molecule has 4 heteroatoms. The maximum absolute atomic E-state index is 13.0. The third-order valence-corrected chi connectivity index (χ3v) is 3.44. The number of carbonyl (C=O) groups excluding carboxylic acids is 1. The lowest BCUT2D eigenvalue weighted by Crippen LogP contribution is -2.36. The zero-order chi connectivity index (χ0) is 12.4. The smallest absolute Gasteiger partial charge is 0.251 e. The minimum absolute atomic E-state index is 0.0112.